The Hall–Kier alpha value is -0.140. The van der Waals surface area contributed by atoms with Crippen molar-refractivity contribution in [2.75, 3.05) is 11.0 Å². The summed E-state index contributed by atoms with van der Waals surface area (Å²) < 4.78 is 28.4. The van der Waals surface area contributed by atoms with Crippen LogP contribution in [0.3, 0.4) is 0 Å². The highest BCUT2D eigenvalue weighted by atomic mass is 127. The molecule has 0 atom stereocenters. The van der Waals surface area contributed by atoms with Crippen molar-refractivity contribution in [2.24, 2.45) is 0 Å². The Labute approximate surface area is 97.7 Å². The van der Waals surface area contributed by atoms with Crippen LogP contribution in [0.2, 0.25) is 0 Å². The van der Waals surface area contributed by atoms with Crippen LogP contribution in [-0.2, 0) is 14.3 Å². The molecule has 3 nitrogen and oxygen atoms in total. The number of halogens is 1. The second kappa shape index (κ2) is 5.09. The van der Waals surface area contributed by atoms with Gasteiger partial charge in [-0.05, 0) is 19.1 Å². The van der Waals surface area contributed by atoms with Crippen LogP contribution >= 0.6 is 22.6 Å². The molecule has 1 aromatic carbocycles. The molecular weight excluding hydrogens is 315 g/mol. The first kappa shape index (κ1) is 11.9. The Bertz CT molecular complexity index is 383. The SMILES string of the molecule is Cc1ccc(S(=O)(=O)OCCI)cc1. The zero-order valence-electron chi connectivity index (χ0n) is 7.73. The molecule has 0 spiro atoms. The minimum Gasteiger partial charge on any atom is -0.266 e. The number of hydrogen-bond donors (Lipinski definition) is 0. The van der Waals surface area contributed by atoms with Crippen LogP contribution in [0.25, 0.3) is 0 Å². The lowest BCUT2D eigenvalue weighted by atomic mass is 10.2. The van der Waals surface area contributed by atoms with E-state index >= 15 is 0 Å². The summed E-state index contributed by atoms with van der Waals surface area (Å²) in [5.41, 5.74) is 1.03. The van der Waals surface area contributed by atoms with Gasteiger partial charge in [-0.1, -0.05) is 40.3 Å². The number of benzene rings is 1. The normalized spacial score (nSPS) is 11.6. The fraction of sp³-hybridized carbons (Fsp3) is 0.333. The van der Waals surface area contributed by atoms with Crippen molar-refractivity contribution in [1.82, 2.24) is 0 Å². The molecule has 0 saturated heterocycles. The molecule has 0 fully saturated rings. The molecule has 0 saturated carbocycles. The zero-order chi connectivity index (χ0) is 10.6. The lowest BCUT2D eigenvalue weighted by Crippen LogP contribution is -2.07. The molecule has 0 aliphatic carbocycles. The lowest BCUT2D eigenvalue weighted by Gasteiger charge is -2.03. The zero-order valence-corrected chi connectivity index (χ0v) is 10.7. The first-order chi connectivity index (χ1) is 6.56. The van der Waals surface area contributed by atoms with Gasteiger partial charge in [-0.3, -0.25) is 4.18 Å². The average Bonchev–Trinajstić information content (AvgIpc) is 2.16. The van der Waals surface area contributed by atoms with Gasteiger partial charge < -0.3 is 0 Å². The molecule has 1 rings (SSSR count). The summed E-state index contributed by atoms with van der Waals surface area (Å²) >= 11 is 2.06. The van der Waals surface area contributed by atoms with E-state index in [1.54, 1.807) is 24.3 Å². The van der Waals surface area contributed by atoms with E-state index in [0.717, 1.165) is 5.56 Å². The minimum atomic E-state index is -3.54. The molecule has 0 heterocycles. The molecule has 0 radical (unpaired) electrons. The first-order valence-corrected chi connectivity index (χ1v) is 7.02. The molecule has 14 heavy (non-hydrogen) atoms. The maximum atomic E-state index is 11.5. The average molecular weight is 326 g/mol. The van der Waals surface area contributed by atoms with Crippen molar-refractivity contribution >= 4 is 32.7 Å². The van der Waals surface area contributed by atoms with Gasteiger partial charge in [0.1, 0.15) is 0 Å². The molecule has 0 bridgehead atoms. The Morgan fingerprint density at radius 2 is 1.86 bits per heavy atom. The molecule has 0 aromatic heterocycles. The van der Waals surface area contributed by atoms with Gasteiger partial charge in [-0.15, -0.1) is 0 Å². The fourth-order valence-corrected chi connectivity index (χ4v) is 2.34. The van der Waals surface area contributed by atoms with Crippen molar-refractivity contribution in [3.05, 3.63) is 29.8 Å². The van der Waals surface area contributed by atoms with Gasteiger partial charge in [0.2, 0.25) is 0 Å². The van der Waals surface area contributed by atoms with Gasteiger partial charge in [0.05, 0.1) is 11.5 Å². The maximum Gasteiger partial charge on any atom is 0.296 e. The van der Waals surface area contributed by atoms with Gasteiger partial charge in [0.15, 0.2) is 0 Å². The number of rotatable bonds is 4. The summed E-state index contributed by atoms with van der Waals surface area (Å²) in [6, 6.07) is 6.61. The van der Waals surface area contributed by atoms with Gasteiger partial charge in [-0.2, -0.15) is 8.42 Å². The molecule has 0 amide bonds. The highest BCUT2D eigenvalue weighted by Crippen LogP contribution is 2.12. The standard InChI is InChI=1S/C9H11IO3S/c1-8-2-4-9(5-3-8)14(11,12)13-7-6-10/h2-5H,6-7H2,1H3. The van der Waals surface area contributed by atoms with E-state index in [4.69, 9.17) is 4.18 Å². The second-order valence-electron chi connectivity index (χ2n) is 2.78. The van der Waals surface area contributed by atoms with Crippen LogP contribution in [0.4, 0.5) is 0 Å². The van der Waals surface area contributed by atoms with E-state index in [1.165, 1.54) is 0 Å². The van der Waals surface area contributed by atoms with Crippen LogP contribution < -0.4 is 0 Å². The molecule has 5 heteroatoms. The molecule has 0 aliphatic heterocycles. The highest BCUT2D eigenvalue weighted by Gasteiger charge is 2.13. The molecular formula is C9H11IO3S. The number of hydrogen-bond acceptors (Lipinski definition) is 3. The third-order valence-electron chi connectivity index (χ3n) is 1.63. The topological polar surface area (TPSA) is 43.4 Å². The van der Waals surface area contributed by atoms with Crippen LogP contribution in [0.1, 0.15) is 5.56 Å². The number of aryl methyl sites for hydroxylation is 1. The van der Waals surface area contributed by atoms with Crippen molar-refractivity contribution in [3.8, 4) is 0 Å². The van der Waals surface area contributed by atoms with Crippen molar-refractivity contribution in [3.63, 3.8) is 0 Å². The molecule has 0 unspecified atom stereocenters. The monoisotopic (exact) mass is 326 g/mol. The van der Waals surface area contributed by atoms with Crippen molar-refractivity contribution in [2.45, 2.75) is 11.8 Å². The van der Waals surface area contributed by atoms with Gasteiger partial charge in [-0.25, -0.2) is 0 Å². The van der Waals surface area contributed by atoms with E-state index in [1.807, 2.05) is 6.92 Å². The Morgan fingerprint density at radius 3 is 2.36 bits per heavy atom. The Balaban J connectivity index is 2.87. The summed E-state index contributed by atoms with van der Waals surface area (Å²) in [6.07, 6.45) is 0. The van der Waals surface area contributed by atoms with Crippen LogP contribution in [0.15, 0.2) is 29.2 Å². The van der Waals surface area contributed by atoms with Crippen LogP contribution in [-0.4, -0.2) is 19.5 Å². The van der Waals surface area contributed by atoms with Gasteiger partial charge in [0, 0.05) is 4.43 Å². The van der Waals surface area contributed by atoms with Gasteiger partial charge in [0.25, 0.3) is 10.1 Å². The minimum absolute atomic E-state index is 0.216. The number of alkyl halides is 1. The quantitative estimate of drug-likeness (QED) is 0.484. The van der Waals surface area contributed by atoms with Crippen molar-refractivity contribution < 1.29 is 12.6 Å². The van der Waals surface area contributed by atoms with Crippen LogP contribution in [0.5, 0.6) is 0 Å². The highest BCUT2D eigenvalue weighted by molar-refractivity contribution is 14.1. The first-order valence-electron chi connectivity index (χ1n) is 4.08. The molecule has 0 aliphatic rings. The van der Waals surface area contributed by atoms with Crippen LogP contribution in [0, 0.1) is 6.92 Å². The van der Waals surface area contributed by atoms with Crippen molar-refractivity contribution in [1.29, 1.82) is 0 Å². The summed E-state index contributed by atoms with van der Waals surface area (Å²) in [7, 11) is -3.54. The third kappa shape index (κ3) is 3.21. The Morgan fingerprint density at radius 1 is 1.29 bits per heavy atom. The summed E-state index contributed by atoms with van der Waals surface area (Å²) in [5.74, 6) is 0. The summed E-state index contributed by atoms with van der Waals surface area (Å²) in [5, 5.41) is 0. The largest absolute Gasteiger partial charge is 0.296 e. The fourth-order valence-electron chi connectivity index (χ4n) is 0.914. The van der Waals surface area contributed by atoms with E-state index < -0.39 is 10.1 Å². The van der Waals surface area contributed by atoms with E-state index in [9.17, 15) is 8.42 Å². The smallest absolute Gasteiger partial charge is 0.266 e. The Kier molecular flexibility index (Phi) is 4.33. The molecule has 78 valence electrons. The predicted molar refractivity (Wildman–Crippen MR) is 63.2 cm³/mol. The van der Waals surface area contributed by atoms with E-state index in [0.29, 0.717) is 4.43 Å². The summed E-state index contributed by atoms with van der Waals surface area (Å²) in [6.45, 7) is 2.12. The van der Waals surface area contributed by atoms with E-state index in [2.05, 4.69) is 22.6 Å². The van der Waals surface area contributed by atoms with Gasteiger partial charge >= 0.3 is 0 Å². The third-order valence-corrected chi connectivity index (χ3v) is 3.39. The van der Waals surface area contributed by atoms with E-state index in [-0.39, 0.29) is 11.5 Å². The predicted octanol–water partition coefficient (Wildman–Crippen LogP) is 2.14. The lowest BCUT2D eigenvalue weighted by molar-refractivity contribution is 0.343. The second-order valence-corrected chi connectivity index (χ2v) is 5.47. The molecule has 0 N–H and O–H groups in total. The molecule has 1 aromatic rings. The maximum absolute atomic E-state index is 11.5. The summed E-state index contributed by atoms with van der Waals surface area (Å²) in [4.78, 5) is 0.216.